The third-order valence-electron chi connectivity index (χ3n) is 2.85. The molecule has 2 heterocycles. The average Bonchev–Trinajstić information content (AvgIpc) is 2.66. The lowest BCUT2D eigenvalue weighted by molar-refractivity contribution is -0.0549. The van der Waals surface area contributed by atoms with Gasteiger partial charge >= 0.3 is 5.69 Å². The van der Waals surface area contributed by atoms with Crippen LogP contribution in [0.15, 0.2) is 22.1 Å². The predicted molar refractivity (Wildman–Crippen MR) is 67.0 cm³/mol. The molecule has 0 saturated carbocycles. The van der Waals surface area contributed by atoms with E-state index in [1.807, 2.05) is 0 Å². The normalized spacial score (nSPS) is 29.4. The minimum Gasteiger partial charge on any atom is -0.394 e. The Morgan fingerprint density at radius 3 is 2.65 bits per heavy atom. The Kier molecular flexibility index (Phi) is 3.99. The fraction of sp³-hybridized carbons (Fsp3) is 0.500. The Balaban J connectivity index is 2.31. The molecule has 20 heavy (non-hydrogen) atoms. The maximum Gasteiger partial charge on any atom is 0.351 e. The molecule has 1 aromatic heterocycles. The zero-order chi connectivity index (χ0) is 14.9. The van der Waals surface area contributed by atoms with Gasteiger partial charge in [0.1, 0.15) is 18.3 Å². The van der Waals surface area contributed by atoms with Crippen LogP contribution in [-0.2, 0) is 4.74 Å². The SMILES string of the molecule is NC(N)=Nc1ccn([C@@H]2O[C@H](CO)[C@H](O)[C@@H]2O)c(=O)n1. The maximum absolute atomic E-state index is 11.8. The van der Waals surface area contributed by atoms with Crippen LogP contribution in [0.1, 0.15) is 6.23 Å². The standard InChI is InChI=1S/C10H15N5O5/c11-9(12)13-5-1-2-15(10(19)14-5)8-7(18)6(17)4(3-16)20-8/h1-2,4,6-8,16-18H,3H2,(H4,11,12,13,14,19)/t4-,6+,7+,8-/m1/s1. The number of aromatic nitrogens is 2. The zero-order valence-electron chi connectivity index (χ0n) is 10.3. The van der Waals surface area contributed by atoms with Crippen LogP contribution < -0.4 is 17.2 Å². The summed E-state index contributed by atoms with van der Waals surface area (Å²) in [4.78, 5) is 19.0. The largest absolute Gasteiger partial charge is 0.394 e. The van der Waals surface area contributed by atoms with Gasteiger partial charge in [-0.05, 0) is 6.07 Å². The van der Waals surface area contributed by atoms with E-state index in [1.54, 1.807) is 0 Å². The molecule has 0 amide bonds. The van der Waals surface area contributed by atoms with Crippen LogP contribution in [0.2, 0.25) is 0 Å². The van der Waals surface area contributed by atoms with Gasteiger partial charge in [0.05, 0.1) is 6.61 Å². The van der Waals surface area contributed by atoms with Crippen molar-refractivity contribution in [3.8, 4) is 0 Å². The minimum atomic E-state index is -1.36. The topological polar surface area (TPSA) is 169 Å². The molecular weight excluding hydrogens is 270 g/mol. The minimum absolute atomic E-state index is 0.0120. The Bertz CT molecular complexity index is 569. The van der Waals surface area contributed by atoms with Crippen LogP contribution in [0.5, 0.6) is 0 Å². The van der Waals surface area contributed by atoms with Gasteiger partial charge in [0, 0.05) is 6.20 Å². The van der Waals surface area contributed by atoms with Crippen LogP contribution in [0.3, 0.4) is 0 Å². The van der Waals surface area contributed by atoms with Gasteiger partial charge in [-0.2, -0.15) is 9.98 Å². The van der Waals surface area contributed by atoms with Gasteiger partial charge in [0.25, 0.3) is 0 Å². The second kappa shape index (κ2) is 5.54. The van der Waals surface area contributed by atoms with Crippen LogP contribution in [0, 0.1) is 0 Å². The number of aliphatic imine (C=N–C) groups is 1. The van der Waals surface area contributed by atoms with Gasteiger partial charge < -0.3 is 31.5 Å². The van der Waals surface area contributed by atoms with Crippen LogP contribution >= 0.6 is 0 Å². The fourth-order valence-corrected chi connectivity index (χ4v) is 1.90. The number of aliphatic hydroxyl groups excluding tert-OH is 3. The Morgan fingerprint density at radius 2 is 2.15 bits per heavy atom. The molecule has 7 N–H and O–H groups in total. The van der Waals surface area contributed by atoms with Crippen molar-refractivity contribution in [3.05, 3.63) is 22.7 Å². The number of rotatable bonds is 3. The molecule has 10 heteroatoms. The molecule has 4 atom stereocenters. The van der Waals surface area contributed by atoms with Crippen molar-refractivity contribution in [2.75, 3.05) is 6.61 Å². The first-order chi connectivity index (χ1) is 9.43. The lowest BCUT2D eigenvalue weighted by Crippen LogP contribution is -2.35. The van der Waals surface area contributed by atoms with E-state index in [0.717, 1.165) is 4.57 Å². The Hall–Kier alpha value is -2.01. The zero-order valence-corrected chi connectivity index (χ0v) is 10.3. The molecule has 0 aromatic carbocycles. The molecule has 1 aromatic rings. The van der Waals surface area contributed by atoms with Crippen molar-refractivity contribution < 1.29 is 20.1 Å². The van der Waals surface area contributed by atoms with E-state index in [0.29, 0.717) is 0 Å². The van der Waals surface area contributed by atoms with E-state index in [2.05, 4.69) is 9.98 Å². The summed E-state index contributed by atoms with van der Waals surface area (Å²) in [6.07, 6.45) is -3.50. The van der Waals surface area contributed by atoms with Crippen molar-refractivity contribution in [2.45, 2.75) is 24.5 Å². The number of hydrogen-bond donors (Lipinski definition) is 5. The van der Waals surface area contributed by atoms with Crippen LogP contribution in [-0.4, -0.2) is 55.7 Å². The first-order valence-corrected chi connectivity index (χ1v) is 5.75. The Labute approximate surface area is 112 Å². The molecule has 0 bridgehead atoms. The van der Waals surface area contributed by atoms with Crippen molar-refractivity contribution in [3.63, 3.8) is 0 Å². The van der Waals surface area contributed by atoms with Gasteiger partial charge in [-0.25, -0.2) is 4.79 Å². The molecule has 0 radical (unpaired) electrons. The molecular formula is C10H15N5O5. The average molecular weight is 285 g/mol. The molecule has 1 saturated heterocycles. The Morgan fingerprint density at radius 1 is 1.45 bits per heavy atom. The second-order valence-electron chi connectivity index (χ2n) is 4.24. The highest BCUT2D eigenvalue weighted by Gasteiger charge is 2.43. The highest BCUT2D eigenvalue weighted by Crippen LogP contribution is 2.28. The number of nitrogens with zero attached hydrogens (tertiary/aromatic N) is 3. The molecule has 0 spiro atoms. The summed E-state index contributed by atoms with van der Waals surface area (Å²) in [6.45, 7) is -0.483. The summed E-state index contributed by atoms with van der Waals surface area (Å²) in [5.41, 5.74) is 9.57. The van der Waals surface area contributed by atoms with Crippen molar-refractivity contribution in [2.24, 2.45) is 16.5 Å². The molecule has 2 rings (SSSR count). The smallest absolute Gasteiger partial charge is 0.351 e. The van der Waals surface area contributed by atoms with Crippen molar-refractivity contribution in [1.82, 2.24) is 9.55 Å². The molecule has 1 aliphatic rings. The second-order valence-corrected chi connectivity index (χ2v) is 4.24. The summed E-state index contributed by atoms with van der Waals surface area (Å²) in [6, 6.07) is 1.34. The first kappa shape index (κ1) is 14.4. The fourth-order valence-electron chi connectivity index (χ4n) is 1.90. The highest BCUT2D eigenvalue weighted by molar-refractivity contribution is 5.78. The molecule has 110 valence electrons. The molecule has 0 unspecified atom stereocenters. The number of nitrogens with two attached hydrogens (primary N) is 2. The van der Waals surface area contributed by atoms with Crippen molar-refractivity contribution >= 4 is 11.8 Å². The monoisotopic (exact) mass is 285 g/mol. The maximum atomic E-state index is 11.8. The summed E-state index contributed by atoms with van der Waals surface area (Å²) < 4.78 is 6.19. The molecule has 0 aliphatic carbocycles. The lowest BCUT2D eigenvalue weighted by Gasteiger charge is -2.16. The van der Waals surface area contributed by atoms with Crippen LogP contribution in [0.4, 0.5) is 5.82 Å². The van der Waals surface area contributed by atoms with E-state index in [9.17, 15) is 15.0 Å². The van der Waals surface area contributed by atoms with Gasteiger partial charge in [0.15, 0.2) is 18.0 Å². The number of ether oxygens (including phenoxy) is 1. The van der Waals surface area contributed by atoms with E-state index in [1.165, 1.54) is 12.3 Å². The van der Waals surface area contributed by atoms with E-state index in [-0.39, 0.29) is 11.8 Å². The third-order valence-corrected chi connectivity index (χ3v) is 2.85. The van der Waals surface area contributed by atoms with Gasteiger partial charge in [0.2, 0.25) is 0 Å². The molecule has 1 fully saturated rings. The van der Waals surface area contributed by atoms with Crippen molar-refractivity contribution in [1.29, 1.82) is 0 Å². The van der Waals surface area contributed by atoms with Gasteiger partial charge in [-0.1, -0.05) is 0 Å². The number of hydrogen-bond acceptors (Lipinski definition) is 7. The predicted octanol–water partition coefficient (Wildman–Crippen LogP) is -3.24. The highest BCUT2D eigenvalue weighted by atomic mass is 16.6. The van der Waals surface area contributed by atoms with E-state index in [4.69, 9.17) is 21.3 Å². The van der Waals surface area contributed by atoms with Gasteiger partial charge in [-0.15, -0.1) is 0 Å². The third kappa shape index (κ3) is 2.63. The number of guanidine groups is 1. The quantitative estimate of drug-likeness (QED) is 0.285. The summed E-state index contributed by atoms with van der Waals surface area (Å²) >= 11 is 0. The number of aliphatic hydroxyl groups is 3. The molecule has 1 aliphatic heterocycles. The van der Waals surface area contributed by atoms with Crippen LogP contribution in [0.25, 0.3) is 0 Å². The first-order valence-electron chi connectivity index (χ1n) is 5.75. The lowest BCUT2D eigenvalue weighted by atomic mass is 10.1. The van der Waals surface area contributed by atoms with Gasteiger partial charge in [-0.3, -0.25) is 4.57 Å². The summed E-state index contributed by atoms with van der Waals surface area (Å²) in [5.74, 6) is -0.236. The van der Waals surface area contributed by atoms with E-state index < -0.39 is 36.8 Å². The van der Waals surface area contributed by atoms with E-state index >= 15 is 0 Å². The summed E-state index contributed by atoms with van der Waals surface area (Å²) in [7, 11) is 0. The summed E-state index contributed by atoms with van der Waals surface area (Å²) in [5, 5.41) is 28.4. The molecule has 10 nitrogen and oxygen atoms in total.